The van der Waals surface area contributed by atoms with Gasteiger partial charge in [0.15, 0.2) is 22.7 Å². The monoisotopic (exact) mass is 899 g/mol. The van der Waals surface area contributed by atoms with Crippen LogP contribution in [0.5, 0.6) is 0 Å². The predicted octanol–water partition coefficient (Wildman–Crippen LogP) is 0.418. The molecule has 23 heteroatoms. The molecular formula is C41H51ClLiN11O10. The number of anilines is 2. The van der Waals surface area contributed by atoms with Crippen LogP contribution in [0.4, 0.5) is 11.6 Å². The van der Waals surface area contributed by atoms with Gasteiger partial charge in [0.1, 0.15) is 27.9 Å². The fourth-order valence-electron chi connectivity index (χ4n) is 8.02. The van der Waals surface area contributed by atoms with Crippen LogP contribution in [0.25, 0.3) is 16.9 Å². The largest absolute Gasteiger partial charge is 1.00 e. The predicted molar refractivity (Wildman–Crippen MR) is 227 cm³/mol. The number of hydrogen-bond acceptors (Lipinski definition) is 16. The molecular weight excluding hydrogens is 849 g/mol. The normalized spacial score (nSPS) is 18.3. The molecule has 6 aromatic heterocycles. The van der Waals surface area contributed by atoms with Crippen LogP contribution in [0, 0.1) is 16.2 Å². The molecule has 5 saturated heterocycles. The molecule has 6 aliphatic rings. The summed E-state index contributed by atoms with van der Waals surface area (Å²) < 4.78 is 25.2. The van der Waals surface area contributed by atoms with Gasteiger partial charge >= 0.3 is 30.8 Å². The Balaban J connectivity index is 0.000000166. The number of halogens is 1. The van der Waals surface area contributed by atoms with E-state index in [4.69, 9.17) is 35.7 Å². The Morgan fingerprint density at radius 1 is 0.703 bits per heavy atom. The molecule has 12 rings (SSSR count). The van der Waals surface area contributed by atoms with Crippen molar-refractivity contribution in [2.75, 3.05) is 82.2 Å². The third-order valence-corrected chi connectivity index (χ3v) is 12.0. The van der Waals surface area contributed by atoms with Crippen LogP contribution in [0.15, 0.2) is 55.4 Å². The van der Waals surface area contributed by atoms with E-state index in [0.29, 0.717) is 50.7 Å². The molecule has 11 heterocycles. The van der Waals surface area contributed by atoms with E-state index in [2.05, 4.69) is 40.0 Å². The standard InChI is InChI=1S/C14H16N4O3.C12H12N4O3.C8H6ClN3O.C6H10O.CH4.Li.2H2O/c1-2-21-13(19)10-5-15-18-4-3-11(16-12(10)18)17-6-14(7-17)8-20-9-14;17-11(18)8-3-13-16-2-1-9(14-10(8)16)15-4-12(5-15)6-19-7-12;1-5(13)6-4-10-12-3-2-7(9)11-8(6)12;1-2-6(3-1)4-7-5-6;;;;/h3-5H,2,6-9H2,1H3;1-3H,4-7H2,(H,17,18);2-4H,1H3;1-5H2;1H4;;2*1H2/q;;;;;+1;;/p-1. The summed E-state index contributed by atoms with van der Waals surface area (Å²) in [6, 6.07) is 5.39. The van der Waals surface area contributed by atoms with Crippen molar-refractivity contribution in [1.29, 1.82) is 0 Å². The molecule has 3 spiro atoms. The van der Waals surface area contributed by atoms with E-state index in [9.17, 15) is 14.4 Å². The average molecular weight is 900 g/mol. The van der Waals surface area contributed by atoms with Crippen molar-refractivity contribution in [3.8, 4) is 0 Å². The zero-order chi connectivity index (χ0) is 41.6. The number of esters is 1. The summed E-state index contributed by atoms with van der Waals surface area (Å²) in [5.74, 6) is 0.209. The summed E-state index contributed by atoms with van der Waals surface area (Å²) in [6.45, 7) is 12.8. The summed E-state index contributed by atoms with van der Waals surface area (Å²) in [5, 5.41) is 21.5. The topological polar surface area (TPSA) is 267 Å². The number of carbonyl (C=O) groups is 3. The first-order valence-electron chi connectivity index (χ1n) is 19.8. The summed E-state index contributed by atoms with van der Waals surface area (Å²) in [4.78, 5) is 51.4. The molecule has 1 saturated carbocycles. The number of ketones is 1. The number of fused-ring (bicyclic) bond motifs is 3. The Morgan fingerprint density at radius 2 is 1.12 bits per heavy atom. The molecule has 21 nitrogen and oxygen atoms in total. The maximum absolute atomic E-state index is 11.9. The van der Waals surface area contributed by atoms with Gasteiger partial charge < -0.3 is 44.8 Å². The maximum Gasteiger partial charge on any atom is 1.00 e. The number of Topliss-reactive ketones (excluding diaryl/α,β-unsaturated/α-hetero) is 1. The number of carbonyl (C=O) groups excluding carboxylic acids is 2. The van der Waals surface area contributed by atoms with Crippen molar-refractivity contribution in [2.45, 2.75) is 40.5 Å². The van der Waals surface area contributed by atoms with Crippen molar-refractivity contribution in [3.63, 3.8) is 0 Å². The van der Waals surface area contributed by atoms with E-state index < -0.39 is 5.97 Å². The van der Waals surface area contributed by atoms with Crippen LogP contribution in [0.3, 0.4) is 0 Å². The van der Waals surface area contributed by atoms with Crippen molar-refractivity contribution in [1.82, 2.24) is 43.8 Å². The van der Waals surface area contributed by atoms with E-state index in [-0.39, 0.29) is 54.6 Å². The second kappa shape index (κ2) is 19.9. The Hall–Kier alpha value is -5.24. The minimum absolute atomic E-state index is 0. The third-order valence-electron chi connectivity index (χ3n) is 11.8. The van der Waals surface area contributed by atoms with E-state index >= 15 is 0 Å². The molecule has 0 atom stereocenters. The molecule has 4 N–H and O–H groups in total. The molecule has 64 heavy (non-hydrogen) atoms. The van der Waals surface area contributed by atoms with Crippen molar-refractivity contribution in [2.24, 2.45) is 16.2 Å². The van der Waals surface area contributed by atoms with Crippen LogP contribution >= 0.6 is 11.6 Å². The molecule has 1 aliphatic carbocycles. The van der Waals surface area contributed by atoms with Crippen LogP contribution in [0.2, 0.25) is 5.15 Å². The number of aromatic carboxylic acids is 1. The zero-order valence-corrected chi connectivity index (χ0v) is 35.9. The maximum atomic E-state index is 11.9. The molecule has 6 fully saturated rings. The van der Waals surface area contributed by atoms with Gasteiger partial charge in [-0.15, -0.1) is 0 Å². The summed E-state index contributed by atoms with van der Waals surface area (Å²) in [5.41, 5.74) is 3.81. The van der Waals surface area contributed by atoms with Crippen LogP contribution in [-0.2, 0) is 18.9 Å². The molecule has 0 radical (unpaired) electrons. The van der Waals surface area contributed by atoms with Gasteiger partial charge in [-0.3, -0.25) is 4.79 Å². The summed E-state index contributed by atoms with van der Waals surface area (Å²) >= 11 is 5.69. The molecule has 6 aromatic rings. The van der Waals surface area contributed by atoms with Gasteiger partial charge in [0.25, 0.3) is 0 Å². The Bertz CT molecular complexity index is 2570. The number of rotatable bonds is 6. The summed E-state index contributed by atoms with van der Waals surface area (Å²) in [6.07, 6.45) is 13.9. The first-order valence-corrected chi connectivity index (χ1v) is 20.2. The van der Waals surface area contributed by atoms with E-state index in [1.807, 2.05) is 18.3 Å². The fourth-order valence-corrected chi connectivity index (χ4v) is 8.16. The minimum atomic E-state index is -1.01. The number of aromatic nitrogens is 9. The first kappa shape index (κ1) is 49.8. The van der Waals surface area contributed by atoms with Gasteiger partial charge in [-0.25, -0.2) is 38.1 Å². The molecule has 0 bridgehead atoms. The van der Waals surface area contributed by atoms with Gasteiger partial charge in [-0.05, 0) is 44.9 Å². The molecule has 5 aliphatic heterocycles. The number of carboxylic acid groups (broad SMARTS) is 1. The Kier molecular flexibility index (Phi) is 15.5. The van der Waals surface area contributed by atoms with Crippen molar-refractivity contribution >= 4 is 57.9 Å². The summed E-state index contributed by atoms with van der Waals surface area (Å²) in [7, 11) is 0. The van der Waals surface area contributed by atoms with Gasteiger partial charge in [0, 0.05) is 50.2 Å². The SMILES string of the molecule is C.C1CC2(C1)COC2.CC(=O)c1cnn2ccc(Cl)nc12.CCOC(=O)c1cnn2ccc(N3CC4(COC4)C3)nc12.O.O=C(O)c1cnn2ccc(N3CC4(COC4)C3)nc12.[Li+].[OH-]. The molecule has 338 valence electrons. The smallest absolute Gasteiger partial charge is 0.870 e. The van der Waals surface area contributed by atoms with Crippen LogP contribution in [-0.4, -0.2) is 150 Å². The van der Waals surface area contributed by atoms with Crippen LogP contribution < -0.4 is 28.7 Å². The van der Waals surface area contributed by atoms with Crippen molar-refractivity contribution in [3.05, 3.63) is 77.2 Å². The minimum Gasteiger partial charge on any atom is -0.870 e. The first-order chi connectivity index (χ1) is 29.0. The van der Waals surface area contributed by atoms with E-state index in [0.717, 1.165) is 82.9 Å². The van der Waals surface area contributed by atoms with Gasteiger partial charge in [0.05, 0.1) is 81.2 Å². The zero-order valence-electron chi connectivity index (χ0n) is 35.1. The molecule has 0 amide bonds. The van der Waals surface area contributed by atoms with Crippen LogP contribution in [0.1, 0.15) is 71.6 Å². The van der Waals surface area contributed by atoms with Crippen molar-refractivity contribution < 1.29 is 68.3 Å². The Labute approximate surface area is 384 Å². The number of nitrogens with zero attached hydrogens (tertiary/aromatic N) is 11. The van der Waals surface area contributed by atoms with Gasteiger partial charge in [0.2, 0.25) is 0 Å². The van der Waals surface area contributed by atoms with Gasteiger partial charge in [-0.2, -0.15) is 15.3 Å². The third kappa shape index (κ3) is 9.57. The van der Waals surface area contributed by atoms with E-state index in [1.54, 1.807) is 29.9 Å². The van der Waals surface area contributed by atoms with E-state index in [1.165, 1.54) is 53.8 Å². The number of ether oxygens (including phenoxy) is 4. The molecule has 0 aromatic carbocycles. The van der Waals surface area contributed by atoms with Gasteiger partial charge in [-0.1, -0.05) is 25.4 Å². The quantitative estimate of drug-likeness (QED) is 0.103. The number of hydrogen-bond donors (Lipinski definition) is 1. The average Bonchev–Trinajstić information content (AvgIpc) is 3.85. The Morgan fingerprint density at radius 3 is 1.50 bits per heavy atom. The molecule has 0 unspecified atom stereocenters. The second-order valence-corrected chi connectivity index (χ2v) is 16.8. The number of carboxylic acids is 1. The second-order valence-electron chi connectivity index (χ2n) is 16.4. The fraction of sp³-hybridized carbons (Fsp3) is 0.488.